The third kappa shape index (κ3) is 12.2. The van der Waals surface area contributed by atoms with E-state index in [1.54, 1.807) is 0 Å². The first-order chi connectivity index (χ1) is 15.8. The highest BCUT2D eigenvalue weighted by Crippen LogP contribution is 2.00. The molecular formula is C17H31N9O8. The second-order valence-corrected chi connectivity index (χ2v) is 7.10. The van der Waals surface area contributed by atoms with E-state index in [9.17, 15) is 33.9 Å². The fourth-order valence-corrected chi connectivity index (χ4v) is 2.48. The number of primary amides is 2. The molecule has 0 aliphatic rings. The van der Waals surface area contributed by atoms with Gasteiger partial charge in [-0.25, -0.2) is 4.79 Å². The summed E-state index contributed by atoms with van der Waals surface area (Å²) in [6.07, 6.45) is -1.02. The highest BCUT2D eigenvalue weighted by molar-refractivity contribution is 5.96. The maximum atomic E-state index is 12.5. The molecular weight excluding hydrogens is 458 g/mol. The van der Waals surface area contributed by atoms with Crippen molar-refractivity contribution < 1.29 is 39.0 Å². The fraction of sp³-hybridized carbons (Fsp3) is 0.588. The van der Waals surface area contributed by atoms with Crippen LogP contribution in [0.1, 0.15) is 25.7 Å². The summed E-state index contributed by atoms with van der Waals surface area (Å²) in [5.41, 5.74) is 26.1. The molecule has 0 heterocycles. The second-order valence-electron chi connectivity index (χ2n) is 7.10. The Bertz CT molecular complexity index is 800. The van der Waals surface area contributed by atoms with Gasteiger partial charge >= 0.3 is 5.97 Å². The van der Waals surface area contributed by atoms with Crippen molar-refractivity contribution in [2.45, 2.75) is 49.9 Å². The number of carboxylic acid groups (broad SMARTS) is 1. The zero-order valence-electron chi connectivity index (χ0n) is 18.2. The molecule has 0 aromatic rings. The van der Waals surface area contributed by atoms with Crippen LogP contribution in [0, 0.1) is 0 Å². The Kier molecular flexibility index (Phi) is 13.2. The molecule has 0 aliphatic carbocycles. The number of aliphatic hydroxyl groups excluding tert-OH is 1. The number of carbonyl (C=O) groups excluding carboxylic acids is 5. The molecule has 0 fully saturated rings. The van der Waals surface area contributed by atoms with Crippen molar-refractivity contribution in [1.29, 1.82) is 0 Å². The summed E-state index contributed by atoms with van der Waals surface area (Å²) in [5.74, 6) is -6.84. The number of hydrogen-bond donors (Lipinski definition) is 10. The Morgan fingerprint density at radius 1 is 0.765 bits per heavy atom. The maximum absolute atomic E-state index is 12.5. The summed E-state index contributed by atoms with van der Waals surface area (Å²) in [6, 6.07) is -6.06. The number of carbonyl (C=O) groups is 6. The standard InChI is InChI=1S/C17H31N9O8/c18-7(2-1-3-23-17(21)22)13(30)26-10(6-27)15(32)24-8(4-11(19)28)14(31)25-9(16(33)34)5-12(20)29/h7-10,27H,1-6,18H2,(H2,19,28)(H2,20,29)(H,24,32)(H,25,31)(H,26,30)(H,33,34)(H4,21,22,23). The van der Waals surface area contributed by atoms with E-state index >= 15 is 0 Å². The average Bonchev–Trinajstić information content (AvgIpc) is 2.72. The van der Waals surface area contributed by atoms with Crippen molar-refractivity contribution in [1.82, 2.24) is 16.0 Å². The van der Waals surface area contributed by atoms with Crippen LogP contribution in [0.15, 0.2) is 4.99 Å². The normalized spacial score (nSPS) is 13.9. The van der Waals surface area contributed by atoms with Crippen LogP contribution in [0.25, 0.3) is 0 Å². The van der Waals surface area contributed by atoms with E-state index in [1.165, 1.54) is 0 Å². The zero-order chi connectivity index (χ0) is 26.4. The number of hydrogen-bond acceptors (Lipinski definition) is 9. The Balaban J connectivity index is 5.18. The highest BCUT2D eigenvalue weighted by atomic mass is 16.4. The Morgan fingerprint density at radius 3 is 1.71 bits per heavy atom. The van der Waals surface area contributed by atoms with Crippen molar-refractivity contribution in [3.8, 4) is 0 Å². The number of guanidine groups is 1. The molecule has 0 spiro atoms. The van der Waals surface area contributed by atoms with Gasteiger partial charge in [0.2, 0.25) is 29.5 Å². The van der Waals surface area contributed by atoms with E-state index in [-0.39, 0.29) is 18.9 Å². The minimum Gasteiger partial charge on any atom is -0.480 e. The van der Waals surface area contributed by atoms with Crippen molar-refractivity contribution >= 4 is 41.5 Å². The van der Waals surface area contributed by atoms with Crippen LogP contribution in [0.5, 0.6) is 0 Å². The third-order valence-electron chi connectivity index (χ3n) is 4.18. The van der Waals surface area contributed by atoms with Crippen LogP contribution in [-0.4, -0.2) is 89.0 Å². The molecule has 4 unspecified atom stereocenters. The van der Waals surface area contributed by atoms with Gasteiger partial charge in [0.25, 0.3) is 0 Å². The van der Waals surface area contributed by atoms with Crippen molar-refractivity contribution in [2.75, 3.05) is 13.2 Å². The van der Waals surface area contributed by atoms with E-state index < -0.39 is 79.1 Å². The van der Waals surface area contributed by atoms with Gasteiger partial charge in [-0.2, -0.15) is 0 Å². The largest absolute Gasteiger partial charge is 0.480 e. The number of rotatable bonds is 16. The van der Waals surface area contributed by atoms with Crippen LogP contribution in [0.3, 0.4) is 0 Å². The highest BCUT2D eigenvalue weighted by Gasteiger charge is 2.31. The lowest BCUT2D eigenvalue weighted by Crippen LogP contribution is -2.58. The summed E-state index contributed by atoms with van der Waals surface area (Å²) in [7, 11) is 0. The minimum absolute atomic E-state index is 0.131. The Morgan fingerprint density at radius 2 is 1.24 bits per heavy atom. The SMILES string of the molecule is NC(=O)CC(NC(=O)C(CC(N)=O)NC(=O)C(CO)NC(=O)C(N)CCCN=C(N)N)C(=O)O. The smallest absolute Gasteiger partial charge is 0.326 e. The zero-order valence-corrected chi connectivity index (χ0v) is 18.2. The van der Waals surface area contributed by atoms with Crippen LogP contribution in [0.2, 0.25) is 0 Å². The van der Waals surface area contributed by atoms with Gasteiger partial charge in [-0.3, -0.25) is 29.0 Å². The van der Waals surface area contributed by atoms with E-state index in [0.29, 0.717) is 6.42 Å². The molecule has 0 saturated heterocycles. The molecule has 15 N–H and O–H groups in total. The van der Waals surface area contributed by atoms with Gasteiger partial charge in [-0.05, 0) is 12.8 Å². The van der Waals surface area contributed by atoms with Gasteiger partial charge in [0, 0.05) is 6.54 Å². The van der Waals surface area contributed by atoms with Crippen LogP contribution >= 0.6 is 0 Å². The number of carboxylic acids is 1. The summed E-state index contributed by atoms with van der Waals surface area (Å²) >= 11 is 0. The van der Waals surface area contributed by atoms with Gasteiger partial charge in [-0.15, -0.1) is 0 Å². The van der Waals surface area contributed by atoms with E-state index in [4.69, 9.17) is 33.8 Å². The van der Waals surface area contributed by atoms with Crippen LogP contribution in [0.4, 0.5) is 0 Å². The van der Waals surface area contributed by atoms with Gasteiger partial charge in [0.05, 0.1) is 25.5 Å². The molecule has 17 heteroatoms. The lowest BCUT2D eigenvalue weighted by atomic mass is 10.1. The molecule has 0 aliphatic heterocycles. The van der Waals surface area contributed by atoms with E-state index in [1.807, 2.05) is 5.32 Å². The Hall–Kier alpha value is -3.99. The van der Waals surface area contributed by atoms with Crippen LogP contribution in [-0.2, 0) is 28.8 Å². The maximum Gasteiger partial charge on any atom is 0.326 e. The van der Waals surface area contributed by atoms with Crippen molar-refractivity contribution in [3.63, 3.8) is 0 Å². The van der Waals surface area contributed by atoms with Gasteiger partial charge in [0.15, 0.2) is 5.96 Å². The summed E-state index contributed by atoms with van der Waals surface area (Å²) < 4.78 is 0. The van der Waals surface area contributed by atoms with Crippen molar-refractivity contribution in [3.05, 3.63) is 0 Å². The molecule has 0 radical (unpaired) electrons. The number of amides is 5. The molecule has 0 aromatic heterocycles. The molecule has 4 atom stereocenters. The monoisotopic (exact) mass is 489 g/mol. The lowest BCUT2D eigenvalue weighted by molar-refractivity contribution is -0.144. The van der Waals surface area contributed by atoms with E-state index in [2.05, 4.69) is 15.6 Å². The molecule has 0 saturated carbocycles. The second kappa shape index (κ2) is 15.0. The van der Waals surface area contributed by atoms with Crippen LogP contribution < -0.4 is 44.6 Å². The topological polar surface area (TPSA) is 321 Å². The first-order valence-electron chi connectivity index (χ1n) is 9.90. The molecule has 5 amide bonds. The Labute approximate surface area is 193 Å². The minimum atomic E-state index is -1.73. The van der Waals surface area contributed by atoms with Gasteiger partial charge in [-0.1, -0.05) is 0 Å². The number of nitrogens with zero attached hydrogens (tertiary/aromatic N) is 1. The number of aliphatic carboxylic acids is 1. The van der Waals surface area contributed by atoms with E-state index in [0.717, 1.165) is 0 Å². The molecule has 34 heavy (non-hydrogen) atoms. The first kappa shape index (κ1) is 30.0. The lowest BCUT2D eigenvalue weighted by Gasteiger charge is -2.23. The molecule has 0 rings (SSSR count). The van der Waals surface area contributed by atoms with Crippen molar-refractivity contribution in [2.24, 2.45) is 33.7 Å². The van der Waals surface area contributed by atoms with Gasteiger partial charge < -0.3 is 54.8 Å². The predicted octanol–water partition coefficient (Wildman–Crippen LogP) is -6.35. The quantitative estimate of drug-likeness (QED) is 0.0551. The summed E-state index contributed by atoms with van der Waals surface area (Å²) in [5, 5.41) is 24.8. The molecule has 0 aromatic carbocycles. The molecule has 192 valence electrons. The number of aliphatic imine (C=N–C) groups is 1. The first-order valence-corrected chi connectivity index (χ1v) is 9.90. The number of nitrogens with one attached hydrogen (secondary N) is 3. The summed E-state index contributed by atoms with van der Waals surface area (Å²) in [4.78, 5) is 74.3. The fourth-order valence-electron chi connectivity index (χ4n) is 2.48. The number of aliphatic hydroxyl groups is 1. The average molecular weight is 489 g/mol. The molecule has 17 nitrogen and oxygen atoms in total. The third-order valence-corrected chi connectivity index (χ3v) is 4.18. The van der Waals surface area contributed by atoms with Gasteiger partial charge in [0.1, 0.15) is 18.1 Å². The number of nitrogens with two attached hydrogens (primary N) is 5. The molecule has 0 bridgehead atoms. The predicted molar refractivity (Wildman–Crippen MR) is 116 cm³/mol. The summed E-state index contributed by atoms with van der Waals surface area (Å²) in [6.45, 7) is -0.688.